The van der Waals surface area contributed by atoms with Crippen LogP contribution in [-0.4, -0.2) is 35.6 Å². The number of aryl methyl sites for hydroxylation is 2. The van der Waals surface area contributed by atoms with E-state index in [0.717, 1.165) is 36.8 Å². The molecule has 0 saturated carbocycles. The summed E-state index contributed by atoms with van der Waals surface area (Å²) in [5.41, 5.74) is 2.07. The van der Waals surface area contributed by atoms with Crippen LogP contribution >= 0.6 is 0 Å². The van der Waals surface area contributed by atoms with Gasteiger partial charge in [-0.15, -0.1) is 0 Å². The molecule has 1 N–H and O–H groups in total. The molecule has 1 fully saturated rings. The van der Waals surface area contributed by atoms with Crippen molar-refractivity contribution in [2.75, 3.05) is 24.5 Å². The van der Waals surface area contributed by atoms with Gasteiger partial charge in [-0.2, -0.15) is 0 Å². The molecule has 2 unspecified atom stereocenters. The quantitative estimate of drug-likeness (QED) is 0.898. The van der Waals surface area contributed by atoms with Crippen LogP contribution in [0.1, 0.15) is 44.5 Å². The normalized spacial score (nSPS) is 21.0. The van der Waals surface area contributed by atoms with E-state index >= 15 is 0 Å². The number of aromatic nitrogens is 2. The minimum atomic E-state index is 0.581. The highest BCUT2D eigenvalue weighted by atomic mass is 15.2. The lowest BCUT2D eigenvalue weighted by Crippen LogP contribution is -2.45. The highest BCUT2D eigenvalue weighted by Crippen LogP contribution is 2.24. The maximum atomic E-state index is 4.70. The fourth-order valence-electron chi connectivity index (χ4n) is 2.85. The summed E-state index contributed by atoms with van der Waals surface area (Å²) >= 11 is 0. The molecule has 1 aliphatic rings. The Morgan fingerprint density at radius 3 is 2.90 bits per heavy atom. The van der Waals surface area contributed by atoms with Crippen molar-refractivity contribution >= 4 is 5.82 Å². The molecule has 1 aromatic heterocycles. The molecule has 0 amide bonds. The number of hydrogen-bond donors (Lipinski definition) is 1. The molecule has 4 heteroatoms. The first-order valence-electron chi connectivity index (χ1n) is 7.90. The van der Waals surface area contributed by atoms with Crippen molar-refractivity contribution in [2.24, 2.45) is 5.92 Å². The van der Waals surface area contributed by atoms with Gasteiger partial charge in [-0.1, -0.05) is 6.92 Å². The summed E-state index contributed by atoms with van der Waals surface area (Å²) in [6.45, 7) is 11.9. The lowest BCUT2D eigenvalue weighted by Gasteiger charge is -2.36. The van der Waals surface area contributed by atoms with Crippen LogP contribution in [0.4, 0.5) is 5.82 Å². The third-order valence-corrected chi connectivity index (χ3v) is 4.38. The molecule has 0 bridgehead atoms. The first-order chi connectivity index (χ1) is 9.61. The molecule has 0 aliphatic carbocycles. The van der Waals surface area contributed by atoms with Crippen LogP contribution in [-0.2, 0) is 0 Å². The molecule has 2 rings (SSSR count). The smallest absolute Gasteiger partial charge is 0.147 e. The zero-order valence-corrected chi connectivity index (χ0v) is 13.3. The first kappa shape index (κ1) is 15.2. The molecule has 1 aliphatic heterocycles. The predicted octanol–water partition coefficient (Wildman–Crippen LogP) is 2.70. The molecular formula is C16H28N4. The van der Waals surface area contributed by atoms with E-state index in [1.807, 2.05) is 20.0 Å². The van der Waals surface area contributed by atoms with Crippen LogP contribution in [0.5, 0.6) is 0 Å². The van der Waals surface area contributed by atoms with Crippen LogP contribution in [0.25, 0.3) is 0 Å². The summed E-state index contributed by atoms with van der Waals surface area (Å²) in [4.78, 5) is 11.5. The van der Waals surface area contributed by atoms with E-state index < -0.39 is 0 Å². The maximum absolute atomic E-state index is 4.70. The minimum Gasteiger partial charge on any atom is -0.355 e. The van der Waals surface area contributed by atoms with Gasteiger partial charge in [-0.3, -0.25) is 4.98 Å². The number of piperidine rings is 1. The number of nitrogens with one attached hydrogen (secondary N) is 1. The topological polar surface area (TPSA) is 41.0 Å². The van der Waals surface area contributed by atoms with Gasteiger partial charge < -0.3 is 10.2 Å². The molecule has 0 radical (unpaired) electrons. The van der Waals surface area contributed by atoms with Gasteiger partial charge in [0.25, 0.3) is 0 Å². The van der Waals surface area contributed by atoms with Gasteiger partial charge in [0.1, 0.15) is 5.82 Å². The van der Waals surface area contributed by atoms with Crippen molar-refractivity contribution in [1.29, 1.82) is 0 Å². The molecule has 1 aromatic rings. The summed E-state index contributed by atoms with van der Waals surface area (Å²) in [5.74, 6) is 1.75. The molecule has 20 heavy (non-hydrogen) atoms. The summed E-state index contributed by atoms with van der Waals surface area (Å²) in [6.07, 6.45) is 5.68. The third-order valence-electron chi connectivity index (χ3n) is 4.38. The lowest BCUT2D eigenvalue weighted by molar-refractivity contribution is 0.320. The summed E-state index contributed by atoms with van der Waals surface area (Å²) in [5, 5.41) is 3.63. The predicted molar refractivity (Wildman–Crippen MR) is 84.2 cm³/mol. The average Bonchev–Trinajstić information content (AvgIpc) is 2.47. The van der Waals surface area contributed by atoms with Gasteiger partial charge in [0.15, 0.2) is 0 Å². The van der Waals surface area contributed by atoms with Crippen molar-refractivity contribution in [3.63, 3.8) is 0 Å². The van der Waals surface area contributed by atoms with E-state index in [0.29, 0.717) is 12.0 Å². The monoisotopic (exact) mass is 276 g/mol. The van der Waals surface area contributed by atoms with Gasteiger partial charge in [-0.05, 0) is 52.5 Å². The zero-order valence-electron chi connectivity index (χ0n) is 13.3. The second-order valence-corrected chi connectivity index (χ2v) is 5.99. The number of rotatable bonds is 5. The highest BCUT2D eigenvalue weighted by molar-refractivity contribution is 5.38. The van der Waals surface area contributed by atoms with Crippen LogP contribution in [0, 0.1) is 19.8 Å². The zero-order chi connectivity index (χ0) is 14.5. The number of anilines is 1. The fourth-order valence-corrected chi connectivity index (χ4v) is 2.85. The van der Waals surface area contributed by atoms with E-state index in [-0.39, 0.29) is 0 Å². The summed E-state index contributed by atoms with van der Waals surface area (Å²) in [7, 11) is 0. The van der Waals surface area contributed by atoms with Gasteiger partial charge in [-0.25, -0.2) is 4.98 Å². The van der Waals surface area contributed by atoms with Crippen molar-refractivity contribution in [1.82, 2.24) is 15.3 Å². The second kappa shape index (κ2) is 7.02. The van der Waals surface area contributed by atoms with Crippen LogP contribution < -0.4 is 10.2 Å². The van der Waals surface area contributed by atoms with E-state index in [1.54, 1.807) is 0 Å². The molecule has 1 saturated heterocycles. The van der Waals surface area contributed by atoms with Crippen LogP contribution in [0.2, 0.25) is 0 Å². The highest BCUT2D eigenvalue weighted by Gasteiger charge is 2.25. The van der Waals surface area contributed by atoms with Crippen LogP contribution in [0.15, 0.2) is 6.20 Å². The average molecular weight is 276 g/mol. The largest absolute Gasteiger partial charge is 0.355 e. The Morgan fingerprint density at radius 1 is 1.40 bits per heavy atom. The number of hydrogen-bond acceptors (Lipinski definition) is 4. The lowest BCUT2D eigenvalue weighted by atomic mass is 9.91. The van der Waals surface area contributed by atoms with E-state index in [9.17, 15) is 0 Å². The van der Waals surface area contributed by atoms with Gasteiger partial charge in [0.2, 0.25) is 0 Å². The molecule has 0 spiro atoms. The Hall–Kier alpha value is -1.16. The van der Waals surface area contributed by atoms with E-state index in [2.05, 4.69) is 29.0 Å². The molecule has 2 heterocycles. The Bertz CT molecular complexity index is 432. The maximum Gasteiger partial charge on any atom is 0.147 e. The molecule has 0 aromatic carbocycles. The number of nitrogens with zero attached hydrogens (tertiary/aromatic N) is 3. The summed E-state index contributed by atoms with van der Waals surface area (Å²) in [6, 6.07) is 0.581. The van der Waals surface area contributed by atoms with Crippen molar-refractivity contribution in [3.05, 3.63) is 17.6 Å². The molecular weight excluding hydrogens is 248 g/mol. The Balaban J connectivity index is 2.00. The van der Waals surface area contributed by atoms with Crippen molar-refractivity contribution in [2.45, 2.75) is 53.0 Å². The fraction of sp³-hybridized carbons (Fsp3) is 0.750. The molecule has 112 valence electrons. The minimum absolute atomic E-state index is 0.581. The van der Waals surface area contributed by atoms with Gasteiger partial charge >= 0.3 is 0 Å². The van der Waals surface area contributed by atoms with Gasteiger partial charge in [0.05, 0.1) is 17.6 Å². The Labute approximate surface area is 123 Å². The standard InChI is InChI=1S/C16H28N4/c1-5-8-17-14(4)15-7-6-9-20(11-15)16-10-18-12(2)13(3)19-16/h10,14-15,17H,5-9,11H2,1-4H3. The summed E-state index contributed by atoms with van der Waals surface area (Å²) < 4.78 is 0. The SMILES string of the molecule is CCCNC(C)C1CCCN(c2cnc(C)c(C)n2)C1. The second-order valence-electron chi connectivity index (χ2n) is 5.99. The van der Waals surface area contributed by atoms with E-state index in [4.69, 9.17) is 4.98 Å². The van der Waals surface area contributed by atoms with Gasteiger partial charge in [0, 0.05) is 19.1 Å². The Morgan fingerprint density at radius 2 is 2.20 bits per heavy atom. The molecule has 4 nitrogen and oxygen atoms in total. The third kappa shape index (κ3) is 3.69. The first-order valence-corrected chi connectivity index (χ1v) is 7.90. The van der Waals surface area contributed by atoms with Crippen molar-refractivity contribution < 1.29 is 0 Å². The molecule has 2 atom stereocenters. The Kier molecular flexibility index (Phi) is 5.35. The van der Waals surface area contributed by atoms with E-state index in [1.165, 1.54) is 19.3 Å². The van der Waals surface area contributed by atoms with Crippen molar-refractivity contribution in [3.8, 4) is 0 Å². The van der Waals surface area contributed by atoms with Crippen LogP contribution in [0.3, 0.4) is 0 Å².